The van der Waals surface area contributed by atoms with E-state index in [1.807, 2.05) is 6.08 Å². The van der Waals surface area contributed by atoms with Gasteiger partial charge in [0, 0.05) is 5.41 Å². The summed E-state index contributed by atoms with van der Waals surface area (Å²) in [6.45, 7) is 12.1. The molecule has 0 amide bonds. The van der Waals surface area contributed by atoms with Gasteiger partial charge in [-0.25, -0.2) is 0 Å². The summed E-state index contributed by atoms with van der Waals surface area (Å²) in [6.07, 6.45) is 13.0. The molecule has 0 aromatic carbocycles. The maximum atomic E-state index is 12.3. The second-order valence-corrected chi connectivity index (χ2v) is 12.7. The molecule has 0 bridgehead atoms. The molecule has 10 atom stereocenters. The fraction of sp³-hybridized carbons (Fsp3) is 0.889. The van der Waals surface area contributed by atoms with Crippen LogP contribution >= 0.6 is 0 Å². The topological polar surface area (TPSA) is 42.1 Å². The van der Waals surface area contributed by atoms with Gasteiger partial charge >= 0.3 is 0 Å². The minimum atomic E-state index is -0.115. The highest BCUT2D eigenvalue weighted by atomic mass is 16.6. The first-order valence-corrected chi connectivity index (χ1v) is 12.7. The van der Waals surface area contributed by atoms with Gasteiger partial charge in [-0.05, 0) is 106 Å². The van der Waals surface area contributed by atoms with E-state index in [1.165, 1.54) is 50.5 Å². The molecule has 2 aliphatic heterocycles. The van der Waals surface area contributed by atoms with Crippen LogP contribution in [0, 0.1) is 40.4 Å². The van der Waals surface area contributed by atoms with Crippen molar-refractivity contribution in [2.45, 2.75) is 110 Å². The first-order chi connectivity index (χ1) is 14.2. The Morgan fingerprint density at radius 1 is 1.10 bits per heavy atom. The summed E-state index contributed by atoms with van der Waals surface area (Å²) in [5.74, 6) is 4.32. The Labute approximate surface area is 182 Å². The van der Waals surface area contributed by atoms with E-state index < -0.39 is 0 Å². The van der Waals surface area contributed by atoms with Crippen molar-refractivity contribution in [2.75, 3.05) is 0 Å². The maximum Gasteiger partial charge on any atom is 0.187 e. The molecule has 166 valence electrons. The van der Waals surface area contributed by atoms with Crippen LogP contribution in [0.4, 0.5) is 0 Å². The first kappa shape index (κ1) is 20.0. The van der Waals surface area contributed by atoms with Crippen molar-refractivity contribution in [1.29, 1.82) is 0 Å². The van der Waals surface area contributed by atoms with Gasteiger partial charge < -0.3 is 9.47 Å². The molecule has 6 aliphatic rings. The molecule has 0 N–H and O–H groups in total. The number of epoxide rings is 2. The van der Waals surface area contributed by atoms with E-state index in [0.29, 0.717) is 17.4 Å². The van der Waals surface area contributed by atoms with E-state index >= 15 is 0 Å². The number of hydrogen-bond donors (Lipinski definition) is 0. The lowest BCUT2D eigenvalue weighted by atomic mass is 9.46. The van der Waals surface area contributed by atoms with E-state index in [-0.39, 0.29) is 29.0 Å². The Kier molecular flexibility index (Phi) is 4.14. The molecule has 0 spiro atoms. The van der Waals surface area contributed by atoms with Gasteiger partial charge in [0.2, 0.25) is 0 Å². The van der Waals surface area contributed by atoms with Crippen molar-refractivity contribution in [2.24, 2.45) is 40.4 Å². The Hall–Kier alpha value is -0.670. The summed E-state index contributed by atoms with van der Waals surface area (Å²) in [5.41, 5.74) is 2.19. The van der Waals surface area contributed by atoms with Crippen LogP contribution in [0.25, 0.3) is 0 Å². The Morgan fingerprint density at radius 2 is 1.87 bits per heavy atom. The summed E-state index contributed by atoms with van der Waals surface area (Å²) < 4.78 is 11.8. The van der Waals surface area contributed by atoms with E-state index in [4.69, 9.17) is 9.47 Å². The van der Waals surface area contributed by atoms with Crippen LogP contribution in [-0.4, -0.2) is 29.7 Å². The zero-order valence-electron chi connectivity index (χ0n) is 19.6. The molecular weight excluding hydrogens is 372 g/mol. The van der Waals surface area contributed by atoms with Crippen LogP contribution in [0.1, 0.15) is 86.0 Å². The van der Waals surface area contributed by atoms with Gasteiger partial charge in [0.1, 0.15) is 12.2 Å². The molecule has 3 saturated carbocycles. The molecule has 3 heteroatoms. The van der Waals surface area contributed by atoms with Crippen LogP contribution < -0.4 is 0 Å². The van der Waals surface area contributed by atoms with E-state index in [2.05, 4.69) is 34.6 Å². The zero-order chi connectivity index (χ0) is 21.1. The summed E-state index contributed by atoms with van der Waals surface area (Å²) in [7, 11) is 0. The third kappa shape index (κ3) is 2.60. The molecule has 30 heavy (non-hydrogen) atoms. The summed E-state index contributed by atoms with van der Waals surface area (Å²) >= 11 is 0. The Bertz CT molecular complexity index is 798. The van der Waals surface area contributed by atoms with Crippen LogP contribution in [0.5, 0.6) is 0 Å². The fourth-order valence-electron chi connectivity index (χ4n) is 9.25. The molecule has 2 heterocycles. The lowest BCUT2D eigenvalue weighted by Crippen LogP contribution is -2.53. The smallest absolute Gasteiger partial charge is 0.187 e. The van der Waals surface area contributed by atoms with Gasteiger partial charge in [-0.2, -0.15) is 0 Å². The standard InChI is InChI=1S/C27H40O3/c1-15(6-11-22-25(2,3)30-22)18-9-10-19-17-8-7-16-14-21(28)23-24(29-23)27(16,5)20(17)12-13-26(18,19)4/h14-15,17-20,22-24H,6-13H2,1-5H3/t15-,17+,18-,19+,20+,22?,23?,24?,26-,27+/m1/s1. The van der Waals surface area contributed by atoms with Crippen LogP contribution in [0.2, 0.25) is 0 Å². The van der Waals surface area contributed by atoms with Crippen LogP contribution in [0.15, 0.2) is 11.6 Å². The van der Waals surface area contributed by atoms with Gasteiger partial charge in [-0.15, -0.1) is 0 Å². The number of hydrogen-bond acceptors (Lipinski definition) is 3. The molecule has 4 aliphatic carbocycles. The molecule has 5 fully saturated rings. The van der Waals surface area contributed by atoms with Gasteiger partial charge in [0.15, 0.2) is 5.78 Å². The predicted molar refractivity (Wildman–Crippen MR) is 117 cm³/mol. The number of ketones is 1. The van der Waals surface area contributed by atoms with Gasteiger partial charge in [0.25, 0.3) is 0 Å². The molecule has 6 rings (SSSR count). The van der Waals surface area contributed by atoms with Crippen molar-refractivity contribution in [1.82, 2.24) is 0 Å². The highest BCUT2D eigenvalue weighted by molar-refractivity contribution is 5.98. The molecule has 3 unspecified atom stereocenters. The van der Waals surface area contributed by atoms with Gasteiger partial charge in [0.05, 0.1) is 11.7 Å². The van der Waals surface area contributed by atoms with E-state index in [9.17, 15) is 4.79 Å². The minimum Gasteiger partial charge on any atom is -0.367 e. The molecular formula is C27H40O3. The quantitative estimate of drug-likeness (QED) is 0.555. The highest BCUT2D eigenvalue weighted by Crippen LogP contribution is 2.69. The maximum absolute atomic E-state index is 12.3. The first-order valence-electron chi connectivity index (χ1n) is 12.7. The minimum absolute atomic E-state index is 0.115. The number of ether oxygens (including phenoxy) is 2. The van der Waals surface area contributed by atoms with E-state index in [0.717, 1.165) is 30.1 Å². The predicted octanol–water partition coefficient (Wildman–Crippen LogP) is 5.72. The largest absolute Gasteiger partial charge is 0.367 e. The summed E-state index contributed by atoms with van der Waals surface area (Å²) in [4.78, 5) is 12.3. The SMILES string of the molecule is C[C@H](CCC1OC1(C)C)[C@H]1CC[C@H]2[C@@H]3CCC4=CC(=O)C5OC5[C@]4(C)[C@H]3CC[C@]12C. The molecule has 0 aromatic rings. The van der Waals surface area contributed by atoms with Crippen molar-refractivity contribution < 1.29 is 14.3 Å². The zero-order valence-corrected chi connectivity index (χ0v) is 19.6. The monoisotopic (exact) mass is 412 g/mol. The lowest BCUT2D eigenvalue weighted by molar-refractivity contribution is -0.116. The fourth-order valence-corrected chi connectivity index (χ4v) is 9.25. The number of carbonyl (C=O) groups excluding carboxylic acids is 1. The third-order valence-electron chi connectivity index (χ3n) is 11.1. The number of carbonyl (C=O) groups is 1. The highest BCUT2D eigenvalue weighted by Gasteiger charge is 2.67. The second kappa shape index (κ2) is 6.22. The number of rotatable bonds is 4. The van der Waals surface area contributed by atoms with E-state index in [1.54, 1.807) is 0 Å². The second-order valence-electron chi connectivity index (χ2n) is 12.7. The van der Waals surface area contributed by atoms with Gasteiger partial charge in [-0.1, -0.05) is 26.3 Å². The van der Waals surface area contributed by atoms with Crippen molar-refractivity contribution >= 4 is 5.78 Å². The Morgan fingerprint density at radius 3 is 2.60 bits per heavy atom. The normalized spacial score (nSPS) is 53.7. The van der Waals surface area contributed by atoms with Crippen LogP contribution in [0.3, 0.4) is 0 Å². The van der Waals surface area contributed by atoms with Crippen LogP contribution in [-0.2, 0) is 14.3 Å². The molecule has 2 saturated heterocycles. The molecule has 3 nitrogen and oxygen atoms in total. The molecule has 0 radical (unpaired) electrons. The van der Waals surface area contributed by atoms with Crippen molar-refractivity contribution in [3.63, 3.8) is 0 Å². The summed E-state index contributed by atoms with van der Waals surface area (Å²) in [6, 6.07) is 0. The Balaban J connectivity index is 1.20. The lowest BCUT2D eigenvalue weighted by Gasteiger charge is -2.58. The number of fused-ring (bicyclic) bond motifs is 7. The molecule has 0 aromatic heterocycles. The van der Waals surface area contributed by atoms with Gasteiger partial charge in [-0.3, -0.25) is 4.79 Å². The average Bonchev–Trinajstić information content (AvgIpc) is 3.57. The summed E-state index contributed by atoms with van der Waals surface area (Å²) in [5, 5.41) is 0. The van der Waals surface area contributed by atoms with Crippen molar-refractivity contribution in [3.8, 4) is 0 Å². The third-order valence-corrected chi connectivity index (χ3v) is 11.1. The van der Waals surface area contributed by atoms with Crippen molar-refractivity contribution in [3.05, 3.63) is 11.6 Å². The average molecular weight is 413 g/mol.